The zero-order valence-electron chi connectivity index (χ0n) is 11.9. The number of hydrogen-bond acceptors (Lipinski definition) is 2. The van der Waals surface area contributed by atoms with Crippen LogP contribution in [0.5, 0.6) is 0 Å². The molecule has 1 aliphatic heterocycles. The summed E-state index contributed by atoms with van der Waals surface area (Å²) in [4.78, 5) is 0. The summed E-state index contributed by atoms with van der Waals surface area (Å²) >= 11 is 5.24. The summed E-state index contributed by atoms with van der Waals surface area (Å²) in [7, 11) is 0. The third-order valence-electron chi connectivity index (χ3n) is 3.79. The molecule has 0 bridgehead atoms. The Hall–Kier alpha value is -0.110. The molecule has 0 amide bonds. The highest BCUT2D eigenvalue weighted by Gasteiger charge is 2.00. The third-order valence-corrected chi connectivity index (χ3v) is 4.11. The van der Waals surface area contributed by atoms with Gasteiger partial charge in [-0.05, 0) is 25.1 Å². The molecule has 1 aliphatic rings. The molecule has 0 unspecified atom stereocenters. The Kier molecular flexibility index (Phi) is 10.6. The largest absolute Gasteiger partial charge is 0.487 e. The van der Waals surface area contributed by atoms with E-state index in [1.165, 1.54) is 83.5 Å². The fourth-order valence-corrected chi connectivity index (χ4v) is 2.80. The fourth-order valence-electron chi connectivity index (χ4n) is 2.57. The van der Waals surface area contributed by atoms with Crippen LogP contribution < -0.4 is 0 Å². The molecule has 1 heterocycles. The molecule has 1 rings (SSSR count). The lowest BCUT2D eigenvalue weighted by molar-refractivity contribution is 0.291. The van der Waals surface area contributed by atoms with Crippen molar-refractivity contribution in [3.63, 3.8) is 0 Å². The maximum absolute atomic E-state index is 5.60. The SMILES string of the molecule is S=C1CCCCCCCCCCCCCCCO1. The first kappa shape index (κ1) is 15.9. The second kappa shape index (κ2) is 12.0. The second-order valence-electron chi connectivity index (χ2n) is 5.57. The van der Waals surface area contributed by atoms with E-state index in [0.717, 1.165) is 18.1 Å². The first-order chi connectivity index (χ1) is 8.89. The molecule has 2 heteroatoms. The molecule has 0 aromatic heterocycles. The molecule has 0 aromatic rings. The Morgan fingerprint density at radius 2 is 0.944 bits per heavy atom. The molecule has 1 nitrogen and oxygen atoms in total. The lowest BCUT2D eigenvalue weighted by Gasteiger charge is -2.07. The minimum Gasteiger partial charge on any atom is -0.487 e. The molecule has 0 saturated carbocycles. The highest BCUT2D eigenvalue weighted by atomic mass is 32.1. The summed E-state index contributed by atoms with van der Waals surface area (Å²) < 4.78 is 5.60. The summed E-state index contributed by atoms with van der Waals surface area (Å²) in [5.74, 6) is 0. The van der Waals surface area contributed by atoms with Crippen molar-refractivity contribution >= 4 is 17.3 Å². The Bertz CT molecular complexity index is 183. The van der Waals surface area contributed by atoms with Crippen LogP contribution in [-0.2, 0) is 4.74 Å². The maximum atomic E-state index is 5.60. The minimum absolute atomic E-state index is 0.846. The zero-order chi connectivity index (χ0) is 12.9. The van der Waals surface area contributed by atoms with Crippen molar-refractivity contribution in [1.29, 1.82) is 0 Å². The Balaban J connectivity index is 2.11. The molecule has 0 spiro atoms. The normalized spacial score (nSPS) is 23.0. The topological polar surface area (TPSA) is 9.23 Å². The van der Waals surface area contributed by atoms with Crippen LogP contribution >= 0.6 is 12.2 Å². The zero-order valence-corrected chi connectivity index (χ0v) is 12.7. The third kappa shape index (κ3) is 9.87. The van der Waals surface area contributed by atoms with Crippen molar-refractivity contribution in [2.24, 2.45) is 0 Å². The van der Waals surface area contributed by atoms with E-state index in [4.69, 9.17) is 17.0 Å². The van der Waals surface area contributed by atoms with Gasteiger partial charge < -0.3 is 4.74 Å². The smallest absolute Gasteiger partial charge is 0.159 e. The monoisotopic (exact) mass is 270 g/mol. The standard InChI is InChI=1S/C16H30OS/c18-16-14-12-10-8-6-4-2-1-3-5-7-9-11-13-15-17-16/h1-15H2. The summed E-state index contributed by atoms with van der Waals surface area (Å²) in [6.07, 6.45) is 18.8. The summed E-state index contributed by atoms with van der Waals surface area (Å²) in [6, 6.07) is 0. The van der Waals surface area contributed by atoms with Gasteiger partial charge in [0.15, 0.2) is 5.05 Å². The molecule has 0 N–H and O–H groups in total. The van der Waals surface area contributed by atoms with Crippen molar-refractivity contribution in [2.75, 3.05) is 6.61 Å². The Labute approximate surface area is 119 Å². The number of hydrogen-bond donors (Lipinski definition) is 0. The molecular weight excluding hydrogens is 240 g/mol. The maximum Gasteiger partial charge on any atom is 0.159 e. The minimum atomic E-state index is 0.846. The molecule has 0 atom stereocenters. The lowest BCUT2D eigenvalue weighted by Crippen LogP contribution is -2.03. The highest BCUT2D eigenvalue weighted by molar-refractivity contribution is 7.80. The van der Waals surface area contributed by atoms with Crippen LogP contribution in [0.25, 0.3) is 0 Å². The van der Waals surface area contributed by atoms with Gasteiger partial charge in [0.2, 0.25) is 0 Å². The van der Waals surface area contributed by atoms with E-state index in [1.54, 1.807) is 0 Å². The van der Waals surface area contributed by atoms with Gasteiger partial charge in [-0.2, -0.15) is 0 Å². The van der Waals surface area contributed by atoms with Crippen LogP contribution in [-0.4, -0.2) is 11.7 Å². The Morgan fingerprint density at radius 3 is 1.44 bits per heavy atom. The summed E-state index contributed by atoms with van der Waals surface area (Å²) in [5.41, 5.74) is 0. The van der Waals surface area contributed by atoms with Gasteiger partial charge >= 0.3 is 0 Å². The van der Waals surface area contributed by atoms with Crippen LogP contribution in [0, 0.1) is 0 Å². The van der Waals surface area contributed by atoms with Gasteiger partial charge in [-0.15, -0.1) is 0 Å². The van der Waals surface area contributed by atoms with E-state index in [0.29, 0.717) is 0 Å². The van der Waals surface area contributed by atoms with Gasteiger partial charge in [0.1, 0.15) is 0 Å². The van der Waals surface area contributed by atoms with Gasteiger partial charge in [-0.3, -0.25) is 0 Å². The molecule has 18 heavy (non-hydrogen) atoms. The van der Waals surface area contributed by atoms with Crippen LogP contribution in [0.15, 0.2) is 0 Å². The van der Waals surface area contributed by atoms with E-state index < -0.39 is 0 Å². The van der Waals surface area contributed by atoms with Gasteiger partial charge in [0, 0.05) is 6.42 Å². The molecule has 0 aliphatic carbocycles. The van der Waals surface area contributed by atoms with Gasteiger partial charge in [0.25, 0.3) is 0 Å². The first-order valence-corrected chi connectivity index (χ1v) is 8.46. The summed E-state index contributed by atoms with van der Waals surface area (Å²) in [5, 5.41) is 0.847. The van der Waals surface area contributed by atoms with Crippen molar-refractivity contribution in [3.8, 4) is 0 Å². The van der Waals surface area contributed by atoms with E-state index in [2.05, 4.69) is 0 Å². The summed E-state index contributed by atoms with van der Waals surface area (Å²) in [6.45, 7) is 0.846. The van der Waals surface area contributed by atoms with Gasteiger partial charge in [-0.25, -0.2) is 0 Å². The number of ether oxygens (including phenoxy) is 1. The number of rotatable bonds is 0. The molecular formula is C16H30OS. The van der Waals surface area contributed by atoms with Crippen LogP contribution in [0.2, 0.25) is 0 Å². The molecule has 1 saturated heterocycles. The van der Waals surface area contributed by atoms with Crippen LogP contribution in [0.4, 0.5) is 0 Å². The van der Waals surface area contributed by atoms with E-state index in [1.807, 2.05) is 0 Å². The van der Waals surface area contributed by atoms with Crippen molar-refractivity contribution in [1.82, 2.24) is 0 Å². The predicted molar refractivity (Wildman–Crippen MR) is 83.2 cm³/mol. The van der Waals surface area contributed by atoms with E-state index in [-0.39, 0.29) is 0 Å². The van der Waals surface area contributed by atoms with E-state index >= 15 is 0 Å². The van der Waals surface area contributed by atoms with Gasteiger partial charge in [0.05, 0.1) is 6.61 Å². The fraction of sp³-hybridized carbons (Fsp3) is 0.938. The van der Waals surface area contributed by atoms with Gasteiger partial charge in [-0.1, -0.05) is 70.6 Å². The van der Waals surface area contributed by atoms with Crippen LogP contribution in [0.1, 0.15) is 89.9 Å². The molecule has 1 fully saturated rings. The predicted octanol–water partition coefficient (Wildman–Crippen LogP) is 5.81. The average Bonchev–Trinajstić information content (AvgIpc) is 2.37. The quantitative estimate of drug-likeness (QED) is 0.514. The first-order valence-electron chi connectivity index (χ1n) is 8.05. The van der Waals surface area contributed by atoms with E-state index in [9.17, 15) is 0 Å². The van der Waals surface area contributed by atoms with Crippen molar-refractivity contribution in [3.05, 3.63) is 0 Å². The molecule has 106 valence electrons. The Morgan fingerprint density at radius 1 is 0.556 bits per heavy atom. The average molecular weight is 270 g/mol. The number of thiocarbonyl (C=S) groups is 1. The van der Waals surface area contributed by atoms with Crippen molar-refractivity contribution in [2.45, 2.75) is 89.9 Å². The molecule has 0 aromatic carbocycles. The lowest BCUT2D eigenvalue weighted by atomic mass is 10.0. The van der Waals surface area contributed by atoms with Crippen molar-refractivity contribution < 1.29 is 4.74 Å². The highest BCUT2D eigenvalue weighted by Crippen LogP contribution is 2.14. The van der Waals surface area contributed by atoms with Crippen LogP contribution in [0.3, 0.4) is 0 Å². The molecule has 0 radical (unpaired) electrons. The second-order valence-corrected chi connectivity index (χ2v) is 6.02.